The summed E-state index contributed by atoms with van der Waals surface area (Å²) in [6.07, 6.45) is 1.95. The van der Waals surface area contributed by atoms with Crippen LogP contribution in [0.4, 0.5) is 0 Å². The first kappa shape index (κ1) is 15.6. The Hall–Kier alpha value is -2.42. The van der Waals surface area contributed by atoms with Gasteiger partial charge in [-0.2, -0.15) is 5.26 Å². The monoisotopic (exact) mass is 279 g/mol. The summed E-state index contributed by atoms with van der Waals surface area (Å²) in [6.45, 7) is 0.404. The third-order valence-electron chi connectivity index (χ3n) is 2.64. The number of benzene rings is 1. The number of methoxy groups -OCH3 is 2. The minimum Gasteiger partial charge on any atom is -0.493 e. The molecule has 0 bridgehead atoms. The molecule has 0 saturated heterocycles. The first-order chi connectivity index (χ1) is 9.63. The average molecular weight is 279 g/mol. The van der Waals surface area contributed by atoms with E-state index in [4.69, 9.17) is 24.6 Å². The molecule has 0 aliphatic carbocycles. The van der Waals surface area contributed by atoms with Gasteiger partial charge in [-0.25, -0.2) is 4.79 Å². The molecule has 0 unspecified atom stereocenters. The predicted molar refractivity (Wildman–Crippen MR) is 71.5 cm³/mol. The molecule has 0 saturated carbocycles. The summed E-state index contributed by atoms with van der Waals surface area (Å²) in [4.78, 5) is 11.0. The van der Waals surface area contributed by atoms with Crippen LogP contribution in [0.15, 0.2) is 12.1 Å². The van der Waals surface area contributed by atoms with Gasteiger partial charge in [0.05, 0.1) is 32.5 Å². The van der Waals surface area contributed by atoms with Gasteiger partial charge in [0.2, 0.25) is 5.75 Å². The molecule has 6 nitrogen and oxygen atoms in total. The van der Waals surface area contributed by atoms with Crippen LogP contribution < -0.4 is 14.2 Å². The fourth-order valence-corrected chi connectivity index (χ4v) is 1.63. The zero-order valence-corrected chi connectivity index (χ0v) is 11.5. The maximum absolute atomic E-state index is 11.0. The molecule has 20 heavy (non-hydrogen) atoms. The molecule has 108 valence electrons. The van der Waals surface area contributed by atoms with Gasteiger partial charge >= 0.3 is 5.97 Å². The van der Waals surface area contributed by atoms with Crippen LogP contribution in [0.1, 0.15) is 29.6 Å². The van der Waals surface area contributed by atoms with Crippen molar-refractivity contribution in [2.24, 2.45) is 0 Å². The molecule has 1 N–H and O–H groups in total. The molecule has 0 aromatic heterocycles. The third kappa shape index (κ3) is 4.05. The fourth-order valence-electron chi connectivity index (χ4n) is 1.63. The molecule has 1 aromatic carbocycles. The summed E-state index contributed by atoms with van der Waals surface area (Å²) in [6, 6.07) is 4.83. The number of nitrogens with zero attached hydrogens (tertiary/aromatic N) is 1. The van der Waals surface area contributed by atoms with E-state index in [1.165, 1.54) is 26.4 Å². The Bertz CT molecular complexity index is 482. The summed E-state index contributed by atoms with van der Waals surface area (Å²) in [5.74, 6) is -0.0804. The highest BCUT2D eigenvalue weighted by molar-refractivity contribution is 5.89. The minimum absolute atomic E-state index is 0.0653. The van der Waals surface area contributed by atoms with Gasteiger partial charge in [0.1, 0.15) is 0 Å². The summed E-state index contributed by atoms with van der Waals surface area (Å²) in [7, 11) is 2.87. The molecule has 0 fully saturated rings. The number of ether oxygens (including phenoxy) is 3. The number of rotatable bonds is 8. The van der Waals surface area contributed by atoms with Gasteiger partial charge in [-0.3, -0.25) is 0 Å². The van der Waals surface area contributed by atoms with Crippen molar-refractivity contribution in [3.8, 4) is 23.3 Å². The van der Waals surface area contributed by atoms with Gasteiger partial charge in [-0.1, -0.05) is 0 Å². The summed E-state index contributed by atoms with van der Waals surface area (Å²) >= 11 is 0. The Morgan fingerprint density at radius 3 is 2.30 bits per heavy atom. The largest absolute Gasteiger partial charge is 0.493 e. The van der Waals surface area contributed by atoms with Gasteiger partial charge in [0.15, 0.2) is 11.5 Å². The van der Waals surface area contributed by atoms with Crippen molar-refractivity contribution in [1.29, 1.82) is 5.26 Å². The molecule has 1 aromatic rings. The quantitative estimate of drug-likeness (QED) is 0.735. The zero-order valence-electron chi connectivity index (χ0n) is 11.5. The van der Waals surface area contributed by atoms with Crippen molar-refractivity contribution in [2.45, 2.75) is 19.3 Å². The van der Waals surface area contributed by atoms with Crippen LogP contribution in [-0.4, -0.2) is 31.9 Å². The number of aromatic carboxylic acids is 1. The number of carboxylic acid groups (broad SMARTS) is 1. The topological polar surface area (TPSA) is 88.8 Å². The van der Waals surface area contributed by atoms with Gasteiger partial charge < -0.3 is 19.3 Å². The first-order valence-electron chi connectivity index (χ1n) is 6.13. The van der Waals surface area contributed by atoms with Crippen LogP contribution in [0.3, 0.4) is 0 Å². The highest BCUT2D eigenvalue weighted by atomic mass is 16.5. The van der Waals surface area contributed by atoms with E-state index < -0.39 is 5.97 Å². The first-order valence-corrected chi connectivity index (χ1v) is 6.13. The Labute approximate surface area is 117 Å². The van der Waals surface area contributed by atoms with E-state index in [9.17, 15) is 4.79 Å². The predicted octanol–water partition coefficient (Wildman–Crippen LogP) is 2.47. The van der Waals surface area contributed by atoms with Crippen LogP contribution >= 0.6 is 0 Å². The highest BCUT2D eigenvalue weighted by Crippen LogP contribution is 2.38. The second kappa shape index (κ2) is 7.89. The lowest BCUT2D eigenvalue weighted by Gasteiger charge is -2.15. The van der Waals surface area contributed by atoms with Crippen LogP contribution in [-0.2, 0) is 0 Å². The smallest absolute Gasteiger partial charge is 0.335 e. The van der Waals surface area contributed by atoms with Crippen molar-refractivity contribution < 1.29 is 24.1 Å². The Balaban J connectivity index is 2.87. The SMILES string of the molecule is COc1cc(C(=O)O)cc(OC)c1OCCCCC#N. The van der Waals surface area contributed by atoms with Crippen LogP contribution in [0.2, 0.25) is 0 Å². The third-order valence-corrected chi connectivity index (χ3v) is 2.64. The van der Waals surface area contributed by atoms with Crippen molar-refractivity contribution in [3.05, 3.63) is 17.7 Å². The molecule has 1 rings (SSSR count). The van der Waals surface area contributed by atoms with Gasteiger partial charge in [0, 0.05) is 6.42 Å². The van der Waals surface area contributed by atoms with Crippen molar-refractivity contribution in [2.75, 3.05) is 20.8 Å². The lowest BCUT2D eigenvalue weighted by Crippen LogP contribution is -2.04. The van der Waals surface area contributed by atoms with E-state index >= 15 is 0 Å². The number of carboxylic acids is 1. The van der Waals surface area contributed by atoms with E-state index in [0.717, 1.165) is 12.8 Å². The normalized spacial score (nSPS) is 9.65. The molecule has 0 spiro atoms. The van der Waals surface area contributed by atoms with E-state index in [1.807, 2.05) is 0 Å². The molecule has 6 heteroatoms. The number of unbranched alkanes of at least 4 members (excludes halogenated alkanes) is 2. The highest BCUT2D eigenvalue weighted by Gasteiger charge is 2.17. The van der Waals surface area contributed by atoms with Crippen molar-refractivity contribution >= 4 is 5.97 Å². The Kier molecular flexibility index (Phi) is 6.17. The summed E-state index contributed by atoms with van der Waals surface area (Å²) in [5, 5.41) is 17.4. The van der Waals surface area contributed by atoms with E-state index in [2.05, 4.69) is 6.07 Å². The van der Waals surface area contributed by atoms with E-state index in [-0.39, 0.29) is 5.56 Å². The van der Waals surface area contributed by atoms with E-state index in [1.54, 1.807) is 0 Å². The number of carbonyl (C=O) groups is 1. The maximum Gasteiger partial charge on any atom is 0.335 e. The second-order valence-corrected chi connectivity index (χ2v) is 3.98. The maximum atomic E-state index is 11.0. The standard InChI is InChI=1S/C14H17NO5/c1-18-11-8-10(14(16)17)9-12(19-2)13(11)20-7-5-3-4-6-15/h8-9H,3-5,7H2,1-2H3,(H,16,17). The lowest BCUT2D eigenvalue weighted by molar-refractivity contribution is 0.0696. The second-order valence-electron chi connectivity index (χ2n) is 3.98. The molecule has 0 heterocycles. The number of hydrogen-bond acceptors (Lipinski definition) is 5. The number of hydrogen-bond donors (Lipinski definition) is 1. The molecular formula is C14H17NO5. The minimum atomic E-state index is -1.07. The van der Waals surface area contributed by atoms with Crippen LogP contribution in [0.25, 0.3) is 0 Å². The van der Waals surface area contributed by atoms with Crippen molar-refractivity contribution in [1.82, 2.24) is 0 Å². The molecule has 0 aliphatic heterocycles. The van der Waals surface area contributed by atoms with Gasteiger partial charge in [-0.15, -0.1) is 0 Å². The summed E-state index contributed by atoms with van der Waals surface area (Å²) in [5.41, 5.74) is 0.0653. The van der Waals surface area contributed by atoms with Gasteiger partial charge in [0.25, 0.3) is 0 Å². The molecule has 0 amide bonds. The zero-order chi connectivity index (χ0) is 15.0. The van der Waals surface area contributed by atoms with Gasteiger partial charge in [-0.05, 0) is 25.0 Å². The Morgan fingerprint density at radius 1 is 1.25 bits per heavy atom. The molecule has 0 aliphatic rings. The Morgan fingerprint density at radius 2 is 1.85 bits per heavy atom. The lowest BCUT2D eigenvalue weighted by atomic mass is 10.2. The molecular weight excluding hydrogens is 262 g/mol. The average Bonchev–Trinajstić information content (AvgIpc) is 2.46. The van der Waals surface area contributed by atoms with E-state index in [0.29, 0.717) is 30.3 Å². The van der Waals surface area contributed by atoms with Crippen LogP contribution in [0.5, 0.6) is 17.2 Å². The van der Waals surface area contributed by atoms with Crippen molar-refractivity contribution in [3.63, 3.8) is 0 Å². The summed E-state index contributed by atoms with van der Waals surface area (Å²) < 4.78 is 15.9. The fraction of sp³-hybridized carbons (Fsp3) is 0.429. The molecule has 0 radical (unpaired) electrons. The molecule has 0 atom stereocenters. The number of nitriles is 1. The van der Waals surface area contributed by atoms with Crippen LogP contribution in [0, 0.1) is 11.3 Å².